The molecular weight excluding hydrogens is 340 g/mol. The fraction of sp³-hybridized carbons (Fsp3) is 0.556. The van der Waals surface area contributed by atoms with Crippen LogP contribution in [0.4, 0.5) is 0 Å². The minimum Gasteiger partial charge on any atom is -0.342 e. The van der Waals surface area contributed by atoms with Crippen molar-refractivity contribution in [2.75, 3.05) is 25.9 Å². The van der Waals surface area contributed by atoms with Crippen LogP contribution in [0.15, 0.2) is 30.3 Å². The molecule has 1 N–H and O–H groups in total. The molecule has 1 aliphatic rings. The summed E-state index contributed by atoms with van der Waals surface area (Å²) in [4.78, 5) is 26.4. The molecule has 1 atom stereocenters. The molecule has 1 fully saturated rings. The standard InChI is InChI=1S/C18H26N2O4S/c1-25(23,24)19-12-11-18(22)20-13-5-8-16(14-20)17(21)10-9-15-6-3-2-4-7-15/h2-4,6-7,16,19H,5,8-14H2,1H3. The molecule has 0 saturated carbocycles. The van der Waals surface area contributed by atoms with Crippen molar-refractivity contribution in [2.45, 2.75) is 32.1 Å². The van der Waals surface area contributed by atoms with Crippen LogP contribution in [0.3, 0.4) is 0 Å². The third kappa shape index (κ3) is 6.96. The van der Waals surface area contributed by atoms with Crippen LogP contribution in [0.1, 0.15) is 31.2 Å². The van der Waals surface area contributed by atoms with E-state index in [-0.39, 0.29) is 30.6 Å². The predicted molar refractivity (Wildman–Crippen MR) is 96.5 cm³/mol. The van der Waals surface area contributed by atoms with E-state index in [2.05, 4.69) is 4.72 Å². The summed E-state index contributed by atoms with van der Waals surface area (Å²) in [7, 11) is -3.28. The van der Waals surface area contributed by atoms with Crippen molar-refractivity contribution in [2.24, 2.45) is 5.92 Å². The Balaban J connectivity index is 1.79. The van der Waals surface area contributed by atoms with Crippen LogP contribution in [0.25, 0.3) is 0 Å². The molecule has 1 saturated heterocycles. The molecule has 1 aliphatic heterocycles. The van der Waals surface area contributed by atoms with Gasteiger partial charge in [-0.1, -0.05) is 30.3 Å². The highest BCUT2D eigenvalue weighted by Gasteiger charge is 2.27. The quantitative estimate of drug-likeness (QED) is 0.753. The molecule has 1 amide bonds. The lowest BCUT2D eigenvalue weighted by Gasteiger charge is -2.32. The van der Waals surface area contributed by atoms with Crippen molar-refractivity contribution in [1.29, 1.82) is 0 Å². The minimum atomic E-state index is -3.28. The van der Waals surface area contributed by atoms with Crippen LogP contribution < -0.4 is 4.72 Å². The first kappa shape index (κ1) is 19.6. The van der Waals surface area contributed by atoms with Gasteiger partial charge in [-0.05, 0) is 24.8 Å². The van der Waals surface area contributed by atoms with E-state index in [0.717, 1.165) is 31.1 Å². The summed E-state index contributed by atoms with van der Waals surface area (Å²) in [6.45, 7) is 1.19. The second-order valence-electron chi connectivity index (χ2n) is 6.55. The topological polar surface area (TPSA) is 83.6 Å². The zero-order valence-electron chi connectivity index (χ0n) is 14.6. The molecule has 0 spiro atoms. The maximum atomic E-state index is 12.5. The van der Waals surface area contributed by atoms with Crippen LogP contribution in [0.5, 0.6) is 0 Å². The summed E-state index contributed by atoms with van der Waals surface area (Å²) in [5.74, 6) is -0.00315. The van der Waals surface area contributed by atoms with Crippen molar-refractivity contribution in [3.8, 4) is 0 Å². The first-order valence-electron chi connectivity index (χ1n) is 8.64. The van der Waals surface area contributed by atoms with Crippen LogP contribution in [-0.4, -0.2) is 50.9 Å². The maximum Gasteiger partial charge on any atom is 0.223 e. The van der Waals surface area contributed by atoms with Gasteiger partial charge in [0.05, 0.1) is 6.26 Å². The number of likely N-dealkylation sites (tertiary alicyclic amines) is 1. The summed E-state index contributed by atoms with van der Waals surface area (Å²) in [5, 5.41) is 0. The summed E-state index contributed by atoms with van der Waals surface area (Å²) in [5.41, 5.74) is 1.14. The van der Waals surface area contributed by atoms with Gasteiger partial charge in [-0.3, -0.25) is 9.59 Å². The monoisotopic (exact) mass is 366 g/mol. The first-order valence-corrected chi connectivity index (χ1v) is 10.5. The Bertz CT molecular complexity index is 688. The molecule has 1 unspecified atom stereocenters. The normalized spacial score (nSPS) is 18.1. The lowest BCUT2D eigenvalue weighted by molar-refractivity contribution is -0.135. The number of aryl methyl sites for hydroxylation is 1. The Hall–Kier alpha value is -1.73. The van der Waals surface area contributed by atoms with E-state index < -0.39 is 10.0 Å². The third-order valence-corrected chi connectivity index (χ3v) is 5.16. The smallest absolute Gasteiger partial charge is 0.223 e. The van der Waals surface area contributed by atoms with E-state index >= 15 is 0 Å². The Morgan fingerprint density at radius 3 is 2.60 bits per heavy atom. The summed E-state index contributed by atoms with van der Waals surface area (Å²) >= 11 is 0. The number of sulfonamides is 1. The number of Topliss-reactive ketones (excluding diaryl/α,β-unsaturated/α-hetero) is 1. The highest BCUT2D eigenvalue weighted by molar-refractivity contribution is 7.88. The number of piperidine rings is 1. The number of nitrogens with one attached hydrogen (secondary N) is 1. The Morgan fingerprint density at radius 2 is 1.92 bits per heavy atom. The second-order valence-corrected chi connectivity index (χ2v) is 8.38. The molecule has 6 nitrogen and oxygen atoms in total. The Labute approximate surface area is 149 Å². The number of hydrogen-bond donors (Lipinski definition) is 1. The van der Waals surface area contributed by atoms with Crippen LogP contribution in [0, 0.1) is 5.92 Å². The van der Waals surface area contributed by atoms with Gasteiger partial charge in [0, 0.05) is 38.4 Å². The summed E-state index contributed by atoms with van der Waals surface area (Å²) in [6, 6.07) is 9.91. The number of benzene rings is 1. The molecule has 138 valence electrons. The largest absolute Gasteiger partial charge is 0.342 e. The average molecular weight is 366 g/mol. The van der Waals surface area contributed by atoms with E-state index in [1.807, 2.05) is 30.3 Å². The number of nitrogens with zero attached hydrogens (tertiary/aromatic N) is 1. The molecule has 0 bridgehead atoms. The molecule has 1 aromatic carbocycles. The predicted octanol–water partition coefficient (Wildman–Crippen LogP) is 1.37. The number of carbonyl (C=O) groups is 2. The molecule has 2 rings (SSSR count). The number of rotatable bonds is 8. The maximum absolute atomic E-state index is 12.5. The fourth-order valence-corrected chi connectivity index (χ4v) is 3.56. The molecule has 0 aliphatic carbocycles. The second kappa shape index (κ2) is 9.10. The van der Waals surface area contributed by atoms with Crippen molar-refractivity contribution in [3.05, 3.63) is 35.9 Å². The lowest BCUT2D eigenvalue weighted by Crippen LogP contribution is -2.43. The highest BCUT2D eigenvalue weighted by atomic mass is 32.2. The van der Waals surface area contributed by atoms with Gasteiger partial charge in [0.2, 0.25) is 15.9 Å². The van der Waals surface area contributed by atoms with Crippen molar-refractivity contribution < 1.29 is 18.0 Å². The molecule has 0 radical (unpaired) electrons. The first-order chi connectivity index (χ1) is 11.8. The molecule has 7 heteroatoms. The van der Waals surface area contributed by atoms with Gasteiger partial charge in [0.15, 0.2) is 0 Å². The van der Waals surface area contributed by atoms with Gasteiger partial charge < -0.3 is 4.90 Å². The summed E-state index contributed by atoms with van der Waals surface area (Å²) in [6.07, 6.45) is 4.04. The van der Waals surface area contributed by atoms with E-state index in [1.165, 1.54) is 0 Å². The Morgan fingerprint density at radius 1 is 1.20 bits per heavy atom. The van der Waals surface area contributed by atoms with Gasteiger partial charge in [0.25, 0.3) is 0 Å². The Kier molecular flexibility index (Phi) is 7.13. The van der Waals surface area contributed by atoms with E-state index in [9.17, 15) is 18.0 Å². The fourth-order valence-electron chi connectivity index (χ4n) is 3.08. The van der Waals surface area contributed by atoms with Crippen LogP contribution >= 0.6 is 0 Å². The molecule has 1 aromatic rings. The minimum absolute atomic E-state index is 0.0980. The van der Waals surface area contributed by atoms with Gasteiger partial charge in [-0.25, -0.2) is 13.1 Å². The number of hydrogen-bond acceptors (Lipinski definition) is 4. The van der Waals surface area contributed by atoms with Crippen molar-refractivity contribution in [1.82, 2.24) is 9.62 Å². The third-order valence-electron chi connectivity index (χ3n) is 4.44. The lowest BCUT2D eigenvalue weighted by atomic mass is 9.90. The van der Waals surface area contributed by atoms with E-state index in [4.69, 9.17) is 0 Å². The zero-order chi connectivity index (χ0) is 18.3. The highest BCUT2D eigenvalue weighted by Crippen LogP contribution is 2.20. The SMILES string of the molecule is CS(=O)(=O)NCCC(=O)N1CCCC(C(=O)CCc2ccccc2)C1. The molecule has 1 heterocycles. The van der Waals surface area contributed by atoms with Crippen molar-refractivity contribution >= 4 is 21.7 Å². The van der Waals surface area contributed by atoms with Gasteiger partial charge in [-0.2, -0.15) is 0 Å². The van der Waals surface area contributed by atoms with Gasteiger partial charge in [-0.15, -0.1) is 0 Å². The summed E-state index contributed by atoms with van der Waals surface area (Å²) < 4.78 is 24.4. The van der Waals surface area contributed by atoms with E-state index in [1.54, 1.807) is 4.90 Å². The molecule has 0 aromatic heterocycles. The molecule has 25 heavy (non-hydrogen) atoms. The van der Waals surface area contributed by atoms with Crippen molar-refractivity contribution in [3.63, 3.8) is 0 Å². The molecular formula is C18H26N2O4S. The average Bonchev–Trinajstić information content (AvgIpc) is 2.59. The van der Waals surface area contributed by atoms with Crippen LogP contribution in [-0.2, 0) is 26.0 Å². The van der Waals surface area contributed by atoms with Crippen LogP contribution in [0.2, 0.25) is 0 Å². The number of carbonyl (C=O) groups excluding carboxylic acids is 2. The number of amides is 1. The zero-order valence-corrected chi connectivity index (χ0v) is 15.4. The number of ketones is 1. The van der Waals surface area contributed by atoms with Gasteiger partial charge >= 0.3 is 0 Å². The van der Waals surface area contributed by atoms with E-state index in [0.29, 0.717) is 19.5 Å². The van der Waals surface area contributed by atoms with Gasteiger partial charge in [0.1, 0.15) is 5.78 Å².